The quantitative estimate of drug-likeness (QED) is 0.697. The monoisotopic (exact) mass is 364 g/mol. The van der Waals surface area contributed by atoms with Gasteiger partial charge in [-0.05, 0) is 43.8 Å². The van der Waals surface area contributed by atoms with E-state index in [1.807, 2.05) is 42.6 Å². The lowest BCUT2D eigenvalue weighted by atomic mass is 10.1. The van der Waals surface area contributed by atoms with Gasteiger partial charge in [0.25, 0.3) is 5.91 Å². The van der Waals surface area contributed by atoms with Gasteiger partial charge in [0, 0.05) is 43.5 Å². The van der Waals surface area contributed by atoms with Gasteiger partial charge in [-0.3, -0.25) is 19.4 Å². The third kappa shape index (κ3) is 5.21. The Morgan fingerprint density at radius 2 is 2.11 bits per heavy atom. The first-order valence-electron chi connectivity index (χ1n) is 8.88. The van der Waals surface area contributed by atoms with Crippen molar-refractivity contribution in [2.24, 2.45) is 7.05 Å². The molecule has 0 saturated heterocycles. The number of carbonyl (C=O) groups is 1. The summed E-state index contributed by atoms with van der Waals surface area (Å²) in [5.41, 5.74) is 2.76. The maximum absolute atomic E-state index is 12.4. The van der Waals surface area contributed by atoms with Crippen LogP contribution in [0.4, 0.5) is 5.82 Å². The molecule has 140 valence electrons. The molecule has 2 heterocycles. The van der Waals surface area contributed by atoms with Crippen LogP contribution in [0.2, 0.25) is 0 Å². The summed E-state index contributed by atoms with van der Waals surface area (Å²) in [6, 6.07) is 14.0. The molecule has 7 nitrogen and oxygen atoms in total. The lowest BCUT2D eigenvalue weighted by molar-refractivity contribution is 0.102. The van der Waals surface area contributed by atoms with Crippen LogP contribution in [0.3, 0.4) is 0 Å². The number of aromatic nitrogens is 4. The van der Waals surface area contributed by atoms with Crippen molar-refractivity contribution in [3.8, 4) is 0 Å². The summed E-state index contributed by atoms with van der Waals surface area (Å²) in [6.07, 6.45) is 4.36. The standard InChI is InChI=1S/C20H24N6O/c1-15(11-18-9-4-5-10-21-18)25(2)13-16-7-6-8-17(12-16)20(27)22-19-14-26(3)24-23-19/h4-10,12,14-15H,11,13H2,1-3H3,(H,22,27). The molecule has 2 aromatic heterocycles. The number of aryl methyl sites for hydroxylation is 1. The molecule has 0 saturated carbocycles. The first-order valence-corrected chi connectivity index (χ1v) is 8.88. The molecule has 0 aliphatic carbocycles. The molecule has 0 spiro atoms. The van der Waals surface area contributed by atoms with Crippen molar-refractivity contribution in [2.45, 2.75) is 25.9 Å². The van der Waals surface area contributed by atoms with E-state index in [0.29, 0.717) is 17.4 Å². The van der Waals surface area contributed by atoms with Crippen LogP contribution in [0.1, 0.15) is 28.5 Å². The van der Waals surface area contributed by atoms with Crippen LogP contribution in [-0.4, -0.2) is 43.9 Å². The van der Waals surface area contributed by atoms with Gasteiger partial charge in [0.15, 0.2) is 5.82 Å². The maximum atomic E-state index is 12.4. The van der Waals surface area contributed by atoms with Gasteiger partial charge in [0.1, 0.15) is 0 Å². The highest BCUT2D eigenvalue weighted by atomic mass is 16.1. The molecule has 1 amide bonds. The second-order valence-electron chi connectivity index (χ2n) is 6.72. The Balaban J connectivity index is 1.61. The summed E-state index contributed by atoms with van der Waals surface area (Å²) in [7, 11) is 3.84. The largest absolute Gasteiger partial charge is 0.304 e. The van der Waals surface area contributed by atoms with Crippen molar-refractivity contribution in [3.05, 3.63) is 71.7 Å². The number of benzene rings is 1. The first kappa shape index (κ1) is 18.7. The number of nitrogens with one attached hydrogen (secondary N) is 1. The molecule has 1 unspecified atom stereocenters. The van der Waals surface area contributed by atoms with Gasteiger partial charge in [-0.25, -0.2) is 0 Å². The number of likely N-dealkylation sites (N-methyl/N-ethyl adjacent to an activating group) is 1. The van der Waals surface area contributed by atoms with E-state index >= 15 is 0 Å². The normalized spacial score (nSPS) is 12.1. The van der Waals surface area contributed by atoms with E-state index in [1.54, 1.807) is 24.0 Å². The van der Waals surface area contributed by atoms with Gasteiger partial charge >= 0.3 is 0 Å². The highest BCUT2D eigenvalue weighted by Gasteiger charge is 2.13. The van der Waals surface area contributed by atoms with Gasteiger partial charge < -0.3 is 5.32 Å². The van der Waals surface area contributed by atoms with Crippen LogP contribution in [-0.2, 0) is 20.0 Å². The summed E-state index contributed by atoms with van der Waals surface area (Å²) in [6.45, 7) is 2.93. The number of amides is 1. The summed E-state index contributed by atoms with van der Waals surface area (Å²) in [5, 5.41) is 10.5. The molecule has 3 aromatic rings. The fourth-order valence-corrected chi connectivity index (χ4v) is 2.83. The van der Waals surface area contributed by atoms with Crippen molar-refractivity contribution in [1.29, 1.82) is 0 Å². The lowest BCUT2D eigenvalue weighted by Crippen LogP contribution is -2.30. The van der Waals surface area contributed by atoms with Crippen molar-refractivity contribution in [1.82, 2.24) is 24.9 Å². The minimum absolute atomic E-state index is 0.193. The second-order valence-corrected chi connectivity index (χ2v) is 6.72. The summed E-state index contributed by atoms with van der Waals surface area (Å²) in [5.74, 6) is 0.246. The molecule has 3 rings (SSSR count). The van der Waals surface area contributed by atoms with Crippen molar-refractivity contribution >= 4 is 11.7 Å². The average molecular weight is 364 g/mol. The van der Waals surface area contributed by atoms with Crippen LogP contribution < -0.4 is 5.32 Å². The Hall–Kier alpha value is -3.06. The molecular weight excluding hydrogens is 340 g/mol. The van der Waals surface area contributed by atoms with Crippen LogP contribution in [0.5, 0.6) is 0 Å². The zero-order valence-electron chi connectivity index (χ0n) is 15.8. The smallest absolute Gasteiger partial charge is 0.256 e. The highest BCUT2D eigenvalue weighted by Crippen LogP contribution is 2.13. The molecule has 1 aromatic carbocycles. The Labute approximate surface area is 159 Å². The minimum atomic E-state index is -0.193. The molecule has 1 N–H and O–H groups in total. The molecule has 0 aliphatic rings. The molecule has 0 aliphatic heterocycles. The van der Waals surface area contributed by atoms with E-state index in [1.165, 1.54) is 0 Å². The zero-order chi connectivity index (χ0) is 19.2. The number of hydrogen-bond acceptors (Lipinski definition) is 5. The van der Waals surface area contributed by atoms with Crippen molar-refractivity contribution in [3.63, 3.8) is 0 Å². The molecule has 0 bridgehead atoms. The van der Waals surface area contributed by atoms with E-state index in [4.69, 9.17) is 0 Å². The van der Waals surface area contributed by atoms with E-state index in [2.05, 4.69) is 39.5 Å². The van der Waals surface area contributed by atoms with E-state index in [0.717, 1.165) is 24.2 Å². The summed E-state index contributed by atoms with van der Waals surface area (Å²) >= 11 is 0. The van der Waals surface area contributed by atoms with Gasteiger partial charge in [-0.2, -0.15) is 0 Å². The molecule has 0 fully saturated rings. The third-order valence-corrected chi connectivity index (χ3v) is 4.45. The Bertz CT molecular complexity index is 892. The van der Waals surface area contributed by atoms with Crippen LogP contribution in [0.25, 0.3) is 0 Å². The molecule has 0 radical (unpaired) electrons. The number of carbonyl (C=O) groups excluding carboxylic acids is 1. The van der Waals surface area contributed by atoms with Crippen LogP contribution >= 0.6 is 0 Å². The number of hydrogen-bond donors (Lipinski definition) is 1. The predicted molar refractivity (Wildman–Crippen MR) is 104 cm³/mol. The zero-order valence-corrected chi connectivity index (χ0v) is 15.8. The topological polar surface area (TPSA) is 75.9 Å². The van der Waals surface area contributed by atoms with Gasteiger partial charge in [0.2, 0.25) is 0 Å². The Morgan fingerprint density at radius 1 is 1.26 bits per heavy atom. The van der Waals surface area contributed by atoms with E-state index < -0.39 is 0 Å². The Morgan fingerprint density at radius 3 is 2.81 bits per heavy atom. The first-order chi connectivity index (χ1) is 13.0. The molecule has 7 heteroatoms. The second kappa shape index (κ2) is 8.55. The SMILES string of the molecule is CC(Cc1ccccn1)N(C)Cc1cccc(C(=O)Nc2cn(C)nn2)c1. The maximum Gasteiger partial charge on any atom is 0.256 e. The molecular formula is C20H24N6O. The molecule has 27 heavy (non-hydrogen) atoms. The van der Waals surface area contributed by atoms with Crippen molar-refractivity contribution in [2.75, 3.05) is 12.4 Å². The summed E-state index contributed by atoms with van der Waals surface area (Å²) < 4.78 is 1.55. The minimum Gasteiger partial charge on any atom is -0.304 e. The number of anilines is 1. The van der Waals surface area contributed by atoms with Gasteiger partial charge in [-0.1, -0.05) is 23.4 Å². The highest BCUT2D eigenvalue weighted by molar-refractivity contribution is 6.03. The van der Waals surface area contributed by atoms with Gasteiger partial charge in [-0.15, -0.1) is 5.10 Å². The van der Waals surface area contributed by atoms with E-state index in [9.17, 15) is 4.79 Å². The molecule has 1 atom stereocenters. The third-order valence-electron chi connectivity index (χ3n) is 4.45. The lowest BCUT2D eigenvalue weighted by Gasteiger charge is -2.24. The van der Waals surface area contributed by atoms with E-state index in [-0.39, 0.29) is 5.91 Å². The number of rotatable bonds is 7. The average Bonchev–Trinajstić information content (AvgIpc) is 3.07. The van der Waals surface area contributed by atoms with Crippen LogP contribution in [0.15, 0.2) is 54.9 Å². The van der Waals surface area contributed by atoms with Gasteiger partial charge in [0.05, 0.1) is 6.20 Å². The Kier molecular flexibility index (Phi) is 5.93. The van der Waals surface area contributed by atoms with Crippen LogP contribution in [0, 0.1) is 0 Å². The number of pyridine rings is 1. The number of nitrogens with zero attached hydrogens (tertiary/aromatic N) is 5. The van der Waals surface area contributed by atoms with Crippen molar-refractivity contribution < 1.29 is 4.79 Å². The summed E-state index contributed by atoms with van der Waals surface area (Å²) in [4.78, 5) is 19.1. The fraction of sp³-hybridized carbons (Fsp3) is 0.300. The fourth-order valence-electron chi connectivity index (χ4n) is 2.83. The predicted octanol–water partition coefficient (Wildman–Crippen LogP) is 2.53.